The molecule has 2 aromatic heterocycles. The summed E-state index contributed by atoms with van der Waals surface area (Å²) in [5, 5.41) is 15.2. The number of nitrogens with one attached hydrogen (secondary N) is 1. The molecule has 0 radical (unpaired) electrons. The number of aryl methyl sites for hydroxylation is 1. The van der Waals surface area contributed by atoms with Crippen LogP contribution in [0.1, 0.15) is 50.1 Å². The van der Waals surface area contributed by atoms with Crippen LogP contribution >= 0.6 is 0 Å². The highest BCUT2D eigenvalue weighted by molar-refractivity contribution is 5.92. The minimum Gasteiger partial charge on any atom is -0.361 e. The molecular weight excluding hydrogens is 332 g/mol. The van der Waals surface area contributed by atoms with E-state index in [-0.39, 0.29) is 18.0 Å². The van der Waals surface area contributed by atoms with E-state index in [0.717, 1.165) is 35.3 Å². The summed E-state index contributed by atoms with van der Waals surface area (Å²) < 4.78 is 7.11. The predicted molar refractivity (Wildman–Crippen MR) is 96.8 cm³/mol. The maximum absolute atomic E-state index is 12.8. The molecule has 1 aliphatic heterocycles. The molecule has 1 aliphatic rings. The molecule has 1 fully saturated rings. The van der Waals surface area contributed by atoms with Crippen LogP contribution in [0.15, 0.2) is 28.8 Å². The van der Waals surface area contributed by atoms with E-state index in [0.29, 0.717) is 12.2 Å². The third-order valence-electron chi connectivity index (χ3n) is 4.83. The zero-order chi connectivity index (χ0) is 18.3. The summed E-state index contributed by atoms with van der Waals surface area (Å²) in [7, 11) is 1.84. The molecule has 136 valence electrons. The summed E-state index contributed by atoms with van der Waals surface area (Å²) in [5.74, 6) is 1.12. The molecule has 0 unspecified atom stereocenters. The number of hydrogen-bond donors (Lipinski definition) is 1. The summed E-state index contributed by atoms with van der Waals surface area (Å²) in [5.41, 5.74) is 3.20. The number of aromatic nitrogens is 4. The van der Waals surface area contributed by atoms with Crippen molar-refractivity contribution in [2.45, 2.75) is 38.6 Å². The summed E-state index contributed by atoms with van der Waals surface area (Å²) in [4.78, 5) is 14.6. The van der Waals surface area contributed by atoms with E-state index in [2.05, 4.69) is 34.6 Å². The van der Waals surface area contributed by atoms with Crippen LogP contribution < -0.4 is 5.32 Å². The van der Waals surface area contributed by atoms with Gasteiger partial charge in [-0.25, -0.2) is 9.48 Å². The number of rotatable bonds is 3. The molecule has 1 N–H and O–H groups in total. The fourth-order valence-corrected chi connectivity index (χ4v) is 3.36. The highest BCUT2D eigenvalue weighted by atomic mass is 16.5. The molecular formula is C18H22N6O2. The SMILES string of the molecule is CC(C)c1cc([C@@H]2CCCN2C(=O)Nc2ccc3c(c2)nnn3C)no1. The molecule has 1 atom stereocenters. The molecule has 8 heteroatoms. The molecule has 26 heavy (non-hydrogen) atoms. The highest BCUT2D eigenvalue weighted by Crippen LogP contribution is 2.33. The Balaban J connectivity index is 1.52. The molecule has 3 heterocycles. The lowest BCUT2D eigenvalue weighted by molar-refractivity contribution is 0.204. The second-order valence-electron chi connectivity index (χ2n) is 7.01. The lowest BCUT2D eigenvalue weighted by atomic mass is 10.1. The number of hydrogen-bond acceptors (Lipinski definition) is 5. The molecule has 0 spiro atoms. The second-order valence-corrected chi connectivity index (χ2v) is 7.01. The summed E-state index contributed by atoms with van der Waals surface area (Å²) in [6, 6.07) is 7.38. The first-order valence-electron chi connectivity index (χ1n) is 8.86. The maximum Gasteiger partial charge on any atom is 0.322 e. The number of carbonyl (C=O) groups is 1. The molecule has 1 aromatic carbocycles. The largest absolute Gasteiger partial charge is 0.361 e. The van der Waals surface area contributed by atoms with Crippen LogP contribution in [0.25, 0.3) is 11.0 Å². The Labute approximate surface area is 151 Å². The number of amides is 2. The van der Waals surface area contributed by atoms with Gasteiger partial charge in [-0.3, -0.25) is 0 Å². The van der Waals surface area contributed by atoms with Crippen molar-refractivity contribution in [1.29, 1.82) is 0 Å². The number of benzene rings is 1. The average molecular weight is 354 g/mol. The quantitative estimate of drug-likeness (QED) is 0.778. The number of fused-ring (bicyclic) bond motifs is 1. The Kier molecular flexibility index (Phi) is 4.10. The summed E-state index contributed by atoms with van der Waals surface area (Å²) >= 11 is 0. The monoisotopic (exact) mass is 354 g/mol. The normalized spacial score (nSPS) is 17.4. The van der Waals surface area contributed by atoms with Gasteiger partial charge in [0.15, 0.2) is 0 Å². The van der Waals surface area contributed by atoms with Crippen LogP contribution in [0.3, 0.4) is 0 Å². The third kappa shape index (κ3) is 2.91. The number of urea groups is 1. The van der Waals surface area contributed by atoms with Crippen molar-refractivity contribution >= 4 is 22.8 Å². The van der Waals surface area contributed by atoms with Crippen molar-refractivity contribution in [3.8, 4) is 0 Å². The van der Waals surface area contributed by atoms with Crippen molar-refractivity contribution in [1.82, 2.24) is 25.1 Å². The zero-order valence-corrected chi connectivity index (χ0v) is 15.1. The maximum atomic E-state index is 12.8. The van der Waals surface area contributed by atoms with Gasteiger partial charge in [-0.15, -0.1) is 5.10 Å². The highest BCUT2D eigenvalue weighted by Gasteiger charge is 2.32. The molecule has 0 bridgehead atoms. The minimum atomic E-state index is -0.134. The van der Waals surface area contributed by atoms with E-state index >= 15 is 0 Å². The number of anilines is 1. The van der Waals surface area contributed by atoms with E-state index in [1.807, 2.05) is 36.2 Å². The van der Waals surface area contributed by atoms with Crippen molar-refractivity contribution in [2.75, 3.05) is 11.9 Å². The Morgan fingerprint density at radius 2 is 2.19 bits per heavy atom. The van der Waals surface area contributed by atoms with Crippen LogP contribution in [0.4, 0.5) is 10.5 Å². The lowest BCUT2D eigenvalue weighted by Crippen LogP contribution is -2.34. The fourth-order valence-electron chi connectivity index (χ4n) is 3.36. The van der Waals surface area contributed by atoms with Crippen LogP contribution in [-0.2, 0) is 7.05 Å². The van der Waals surface area contributed by atoms with Crippen molar-refractivity contribution in [3.05, 3.63) is 35.7 Å². The average Bonchev–Trinajstić information content (AvgIpc) is 3.33. The molecule has 0 saturated carbocycles. The molecule has 1 saturated heterocycles. The smallest absolute Gasteiger partial charge is 0.322 e. The first kappa shape index (κ1) is 16.6. The number of nitrogens with zero attached hydrogens (tertiary/aromatic N) is 5. The van der Waals surface area contributed by atoms with Crippen LogP contribution in [0.5, 0.6) is 0 Å². The first-order valence-corrected chi connectivity index (χ1v) is 8.86. The third-order valence-corrected chi connectivity index (χ3v) is 4.83. The molecule has 2 amide bonds. The van der Waals surface area contributed by atoms with Gasteiger partial charge in [0.05, 0.1) is 11.6 Å². The van der Waals surface area contributed by atoms with Gasteiger partial charge in [0, 0.05) is 31.3 Å². The van der Waals surface area contributed by atoms with Crippen molar-refractivity contribution in [2.24, 2.45) is 7.05 Å². The molecule has 8 nitrogen and oxygen atoms in total. The van der Waals surface area contributed by atoms with Gasteiger partial charge in [-0.2, -0.15) is 0 Å². The zero-order valence-electron chi connectivity index (χ0n) is 15.1. The fraction of sp³-hybridized carbons (Fsp3) is 0.444. The van der Waals surface area contributed by atoms with Gasteiger partial charge in [0.1, 0.15) is 17.0 Å². The van der Waals surface area contributed by atoms with Crippen molar-refractivity contribution < 1.29 is 9.32 Å². The Hall–Kier alpha value is -2.90. The Morgan fingerprint density at radius 3 is 2.96 bits per heavy atom. The van der Waals surface area contributed by atoms with E-state index in [1.165, 1.54) is 0 Å². The van der Waals surface area contributed by atoms with E-state index in [4.69, 9.17) is 4.52 Å². The predicted octanol–water partition coefficient (Wildman–Crippen LogP) is 3.45. The van der Waals surface area contributed by atoms with Gasteiger partial charge >= 0.3 is 6.03 Å². The van der Waals surface area contributed by atoms with Crippen LogP contribution in [0, 0.1) is 0 Å². The van der Waals surface area contributed by atoms with Crippen molar-refractivity contribution in [3.63, 3.8) is 0 Å². The van der Waals surface area contributed by atoms with Gasteiger partial charge in [0.2, 0.25) is 0 Å². The van der Waals surface area contributed by atoms with E-state index in [9.17, 15) is 4.79 Å². The van der Waals surface area contributed by atoms with Gasteiger partial charge in [0.25, 0.3) is 0 Å². The van der Waals surface area contributed by atoms with Crippen LogP contribution in [0.2, 0.25) is 0 Å². The topological polar surface area (TPSA) is 89.1 Å². The van der Waals surface area contributed by atoms with Gasteiger partial charge in [-0.1, -0.05) is 24.2 Å². The lowest BCUT2D eigenvalue weighted by Gasteiger charge is -2.23. The minimum absolute atomic E-state index is 0.0495. The van der Waals surface area contributed by atoms with Crippen LogP contribution in [-0.4, -0.2) is 37.6 Å². The van der Waals surface area contributed by atoms with Gasteiger partial charge < -0.3 is 14.7 Å². The van der Waals surface area contributed by atoms with Gasteiger partial charge in [-0.05, 0) is 31.0 Å². The Morgan fingerprint density at radius 1 is 1.35 bits per heavy atom. The Bertz CT molecular complexity index is 944. The van der Waals surface area contributed by atoms with E-state index < -0.39 is 0 Å². The number of carbonyl (C=O) groups excluding carboxylic acids is 1. The second kappa shape index (κ2) is 6.44. The van der Waals surface area contributed by atoms with E-state index in [1.54, 1.807) is 4.68 Å². The summed E-state index contributed by atoms with van der Waals surface area (Å²) in [6.45, 7) is 4.83. The molecule has 4 rings (SSSR count). The summed E-state index contributed by atoms with van der Waals surface area (Å²) in [6.07, 6.45) is 1.84. The molecule has 3 aromatic rings. The molecule has 0 aliphatic carbocycles. The first-order chi connectivity index (χ1) is 12.5. The standard InChI is InChI=1S/C18H22N6O2/c1-11(2)17-10-14(21-26-17)16-5-4-8-24(16)18(25)19-12-6-7-15-13(9-12)20-22-23(15)3/h6-7,9-11,16H,4-5,8H2,1-3H3,(H,19,25)/t16-/m0/s1. The number of likely N-dealkylation sites (tertiary alicyclic amines) is 1.